The van der Waals surface area contributed by atoms with Gasteiger partial charge >= 0.3 is 0 Å². The van der Waals surface area contributed by atoms with E-state index in [1.165, 1.54) is 0 Å². The average Bonchev–Trinajstić information content (AvgIpc) is 2.58. The van der Waals surface area contributed by atoms with Crippen LogP contribution in [0.2, 0.25) is 0 Å². The van der Waals surface area contributed by atoms with Gasteiger partial charge in [-0.2, -0.15) is 0 Å². The van der Waals surface area contributed by atoms with Gasteiger partial charge in [0, 0.05) is 5.33 Å². The van der Waals surface area contributed by atoms with Crippen LogP contribution < -0.4 is 4.74 Å². The predicted octanol–water partition coefficient (Wildman–Crippen LogP) is 2.34. The van der Waals surface area contributed by atoms with Crippen molar-refractivity contribution >= 4 is 26.8 Å². The molecule has 1 heterocycles. The van der Waals surface area contributed by atoms with Gasteiger partial charge in [0.25, 0.3) is 0 Å². The third kappa shape index (κ3) is 1.67. The first kappa shape index (κ1) is 8.56. The van der Waals surface area contributed by atoms with Gasteiger partial charge in [0.15, 0.2) is 0 Å². The Bertz CT molecular complexity index is 399. The molecular formula is C9H9BrN2O. The number of nitrogens with zero attached hydrogens (tertiary/aromatic N) is 1. The van der Waals surface area contributed by atoms with Crippen LogP contribution in [0, 0.1) is 0 Å². The fourth-order valence-electron chi connectivity index (χ4n) is 1.18. The van der Waals surface area contributed by atoms with E-state index in [1.807, 2.05) is 24.3 Å². The van der Waals surface area contributed by atoms with Crippen molar-refractivity contribution < 1.29 is 4.74 Å². The maximum atomic E-state index is 5.42. The van der Waals surface area contributed by atoms with Crippen molar-refractivity contribution in [1.82, 2.24) is 10.2 Å². The molecule has 0 spiro atoms. The van der Waals surface area contributed by atoms with E-state index in [-0.39, 0.29) is 0 Å². The standard InChI is InChI=1S/C9H9BrN2O/c10-5-6-13-9-7-3-1-2-4-8(7)11-12-9/h1-4H,5-6H2,(H,11,12). The van der Waals surface area contributed by atoms with Crippen molar-refractivity contribution in [3.63, 3.8) is 0 Å². The molecule has 0 saturated heterocycles. The maximum Gasteiger partial charge on any atom is 0.240 e. The lowest BCUT2D eigenvalue weighted by molar-refractivity contribution is 0.334. The van der Waals surface area contributed by atoms with E-state index < -0.39 is 0 Å². The van der Waals surface area contributed by atoms with Gasteiger partial charge in [-0.25, -0.2) is 0 Å². The molecule has 3 nitrogen and oxygen atoms in total. The number of halogens is 1. The normalized spacial score (nSPS) is 10.5. The van der Waals surface area contributed by atoms with Crippen molar-refractivity contribution in [3.8, 4) is 5.88 Å². The summed E-state index contributed by atoms with van der Waals surface area (Å²) in [5, 5.41) is 8.82. The van der Waals surface area contributed by atoms with Gasteiger partial charge in [0.2, 0.25) is 5.88 Å². The summed E-state index contributed by atoms with van der Waals surface area (Å²) in [5.41, 5.74) is 1.01. The Morgan fingerprint density at radius 2 is 2.23 bits per heavy atom. The minimum atomic E-state index is 0.634. The number of hydrogen-bond acceptors (Lipinski definition) is 2. The number of nitrogens with one attached hydrogen (secondary N) is 1. The van der Waals surface area contributed by atoms with E-state index in [1.54, 1.807) is 0 Å². The molecule has 0 fully saturated rings. The first-order chi connectivity index (χ1) is 6.42. The lowest BCUT2D eigenvalue weighted by Crippen LogP contribution is -1.97. The number of aromatic nitrogens is 2. The van der Waals surface area contributed by atoms with E-state index in [0.29, 0.717) is 12.5 Å². The van der Waals surface area contributed by atoms with Crippen LogP contribution in [-0.2, 0) is 0 Å². The van der Waals surface area contributed by atoms with Crippen LogP contribution in [0.1, 0.15) is 0 Å². The maximum absolute atomic E-state index is 5.42. The van der Waals surface area contributed by atoms with E-state index in [0.717, 1.165) is 16.2 Å². The van der Waals surface area contributed by atoms with E-state index >= 15 is 0 Å². The van der Waals surface area contributed by atoms with Gasteiger partial charge in [-0.1, -0.05) is 28.1 Å². The zero-order valence-electron chi connectivity index (χ0n) is 6.96. The second-order valence-electron chi connectivity index (χ2n) is 2.61. The molecule has 2 rings (SSSR count). The van der Waals surface area contributed by atoms with Crippen molar-refractivity contribution in [2.45, 2.75) is 0 Å². The minimum absolute atomic E-state index is 0.634. The van der Waals surface area contributed by atoms with Gasteiger partial charge in [0.1, 0.15) is 0 Å². The molecule has 1 aromatic heterocycles. The summed E-state index contributed by atoms with van der Waals surface area (Å²) in [7, 11) is 0. The fourth-order valence-corrected chi connectivity index (χ4v) is 1.35. The molecule has 4 heteroatoms. The Kier molecular flexibility index (Phi) is 2.49. The van der Waals surface area contributed by atoms with Crippen molar-refractivity contribution in [2.24, 2.45) is 0 Å². The summed E-state index contributed by atoms with van der Waals surface area (Å²) < 4.78 is 5.42. The molecule has 68 valence electrons. The van der Waals surface area contributed by atoms with E-state index in [2.05, 4.69) is 26.1 Å². The van der Waals surface area contributed by atoms with Gasteiger partial charge in [-0.05, 0) is 12.1 Å². The van der Waals surface area contributed by atoms with Crippen LogP contribution >= 0.6 is 15.9 Å². The Hall–Kier alpha value is -1.03. The Balaban J connectivity index is 2.35. The fraction of sp³-hybridized carbons (Fsp3) is 0.222. The molecule has 0 unspecified atom stereocenters. The van der Waals surface area contributed by atoms with Crippen molar-refractivity contribution in [2.75, 3.05) is 11.9 Å². The molecule has 0 atom stereocenters. The quantitative estimate of drug-likeness (QED) is 0.837. The van der Waals surface area contributed by atoms with Crippen LogP contribution in [0.5, 0.6) is 5.88 Å². The number of ether oxygens (including phenoxy) is 1. The monoisotopic (exact) mass is 240 g/mol. The topological polar surface area (TPSA) is 37.9 Å². The number of para-hydroxylation sites is 1. The molecule has 2 aromatic rings. The van der Waals surface area contributed by atoms with Crippen LogP contribution in [0.15, 0.2) is 24.3 Å². The molecule has 0 aliphatic carbocycles. The van der Waals surface area contributed by atoms with Crippen molar-refractivity contribution in [3.05, 3.63) is 24.3 Å². The summed E-state index contributed by atoms with van der Waals surface area (Å²) in [6.07, 6.45) is 0. The lowest BCUT2D eigenvalue weighted by Gasteiger charge is -1.98. The predicted molar refractivity (Wildman–Crippen MR) is 55.4 cm³/mol. The third-order valence-electron chi connectivity index (χ3n) is 1.75. The van der Waals surface area contributed by atoms with Crippen LogP contribution in [0.25, 0.3) is 10.9 Å². The van der Waals surface area contributed by atoms with Crippen LogP contribution in [-0.4, -0.2) is 22.1 Å². The smallest absolute Gasteiger partial charge is 0.240 e. The molecule has 1 N–H and O–H groups in total. The minimum Gasteiger partial charge on any atom is -0.475 e. The Morgan fingerprint density at radius 1 is 1.38 bits per heavy atom. The first-order valence-corrected chi connectivity index (χ1v) is 5.16. The molecule has 0 saturated carbocycles. The highest BCUT2D eigenvalue weighted by molar-refractivity contribution is 9.09. The summed E-state index contributed by atoms with van der Waals surface area (Å²) in [6, 6.07) is 7.90. The summed E-state index contributed by atoms with van der Waals surface area (Å²) >= 11 is 3.30. The van der Waals surface area contributed by atoms with Crippen molar-refractivity contribution in [1.29, 1.82) is 0 Å². The van der Waals surface area contributed by atoms with Gasteiger partial charge in [-0.15, -0.1) is 5.10 Å². The SMILES string of the molecule is BrCCOc1n[nH]c2ccccc12. The lowest BCUT2D eigenvalue weighted by atomic mass is 10.2. The first-order valence-electron chi connectivity index (χ1n) is 4.03. The second kappa shape index (κ2) is 3.79. The van der Waals surface area contributed by atoms with Gasteiger partial charge in [0.05, 0.1) is 17.5 Å². The molecule has 0 aliphatic rings. The number of fused-ring (bicyclic) bond motifs is 1. The van der Waals surface area contributed by atoms with E-state index in [9.17, 15) is 0 Å². The number of benzene rings is 1. The molecule has 1 aromatic carbocycles. The van der Waals surface area contributed by atoms with E-state index in [4.69, 9.17) is 4.74 Å². The molecule has 0 radical (unpaired) electrons. The Labute approximate surface area is 84.2 Å². The van der Waals surface area contributed by atoms with Gasteiger partial charge in [-0.3, -0.25) is 5.10 Å². The zero-order chi connectivity index (χ0) is 9.10. The Morgan fingerprint density at radius 3 is 3.08 bits per heavy atom. The number of H-pyrrole nitrogens is 1. The van der Waals surface area contributed by atoms with Crippen LogP contribution in [0.3, 0.4) is 0 Å². The van der Waals surface area contributed by atoms with Crippen LogP contribution in [0.4, 0.5) is 0 Å². The number of alkyl halides is 1. The number of aromatic amines is 1. The number of hydrogen-bond donors (Lipinski definition) is 1. The third-order valence-corrected chi connectivity index (χ3v) is 2.08. The molecule has 13 heavy (non-hydrogen) atoms. The summed E-state index contributed by atoms with van der Waals surface area (Å²) in [4.78, 5) is 0. The summed E-state index contributed by atoms with van der Waals surface area (Å²) in [6.45, 7) is 0.634. The number of rotatable bonds is 3. The molecular weight excluding hydrogens is 232 g/mol. The van der Waals surface area contributed by atoms with Gasteiger partial charge < -0.3 is 4.74 Å². The zero-order valence-corrected chi connectivity index (χ0v) is 8.54. The average molecular weight is 241 g/mol. The molecule has 0 amide bonds. The largest absolute Gasteiger partial charge is 0.475 e. The highest BCUT2D eigenvalue weighted by Crippen LogP contribution is 2.21. The second-order valence-corrected chi connectivity index (χ2v) is 3.40. The highest BCUT2D eigenvalue weighted by Gasteiger charge is 2.03. The molecule has 0 aliphatic heterocycles. The molecule has 0 bridgehead atoms. The summed E-state index contributed by atoms with van der Waals surface area (Å²) in [5.74, 6) is 0.676. The highest BCUT2D eigenvalue weighted by atomic mass is 79.9.